The number of rotatable bonds is 4. The second kappa shape index (κ2) is 6.71. The zero-order valence-corrected chi connectivity index (χ0v) is 13.7. The van der Waals surface area contributed by atoms with Gasteiger partial charge in [-0.15, -0.1) is 11.3 Å². The highest BCUT2D eigenvalue weighted by Gasteiger charge is 2.05. The maximum absolute atomic E-state index is 13.1. The van der Waals surface area contributed by atoms with Gasteiger partial charge in [-0.05, 0) is 48.7 Å². The van der Waals surface area contributed by atoms with Gasteiger partial charge < -0.3 is 0 Å². The van der Waals surface area contributed by atoms with Gasteiger partial charge in [-0.2, -0.15) is 5.10 Å². The summed E-state index contributed by atoms with van der Waals surface area (Å²) in [6.45, 7) is 4.18. The summed E-state index contributed by atoms with van der Waals surface area (Å²) in [7, 11) is 0. The minimum absolute atomic E-state index is 0.278. The zero-order valence-electron chi connectivity index (χ0n) is 12.9. The molecule has 0 aliphatic carbocycles. The molecular formula is C18H16FN3S. The first-order chi connectivity index (χ1) is 11.1. The van der Waals surface area contributed by atoms with E-state index in [0.29, 0.717) is 10.7 Å². The molecule has 0 aliphatic rings. The number of aryl methyl sites for hydroxylation is 2. The maximum atomic E-state index is 13.1. The van der Waals surface area contributed by atoms with Gasteiger partial charge in [0.25, 0.3) is 0 Å². The SMILES string of the molecule is Cc1ccc(-c2csc(N/N=C\c3cccc(F)c3)n2)cc1C. The molecule has 23 heavy (non-hydrogen) atoms. The Labute approximate surface area is 138 Å². The first-order valence-electron chi connectivity index (χ1n) is 7.19. The number of hydrazone groups is 1. The predicted molar refractivity (Wildman–Crippen MR) is 94.6 cm³/mol. The summed E-state index contributed by atoms with van der Waals surface area (Å²) in [5, 5.41) is 6.79. The molecule has 0 saturated carbocycles. The van der Waals surface area contributed by atoms with Crippen LogP contribution in [0.25, 0.3) is 11.3 Å². The smallest absolute Gasteiger partial charge is 0.203 e. The third-order valence-corrected chi connectivity index (χ3v) is 4.28. The van der Waals surface area contributed by atoms with Crippen LogP contribution in [-0.2, 0) is 0 Å². The van der Waals surface area contributed by atoms with Crippen molar-refractivity contribution in [2.24, 2.45) is 5.10 Å². The molecule has 0 radical (unpaired) electrons. The summed E-state index contributed by atoms with van der Waals surface area (Å²) in [6, 6.07) is 12.6. The van der Waals surface area contributed by atoms with Crippen molar-refractivity contribution < 1.29 is 4.39 Å². The van der Waals surface area contributed by atoms with Crippen LogP contribution in [0.15, 0.2) is 52.9 Å². The van der Waals surface area contributed by atoms with Gasteiger partial charge in [0.2, 0.25) is 5.13 Å². The highest BCUT2D eigenvalue weighted by molar-refractivity contribution is 7.14. The Hall–Kier alpha value is -2.53. The Balaban J connectivity index is 1.71. The van der Waals surface area contributed by atoms with Gasteiger partial charge in [0, 0.05) is 10.9 Å². The van der Waals surface area contributed by atoms with Crippen LogP contribution >= 0.6 is 11.3 Å². The summed E-state index contributed by atoms with van der Waals surface area (Å²) >= 11 is 1.48. The van der Waals surface area contributed by atoms with E-state index in [1.807, 2.05) is 5.38 Å². The Morgan fingerprint density at radius 3 is 2.78 bits per heavy atom. The number of benzene rings is 2. The Bertz CT molecular complexity index is 855. The fourth-order valence-electron chi connectivity index (χ4n) is 2.11. The Kier molecular flexibility index (Phi) is 4.48. The molecule has 0 bridgehead atoms. The van der Waals surface area contributed by atoms with Crippen LogP contribution in [0.2, 0.25) is 0 Å². The second-order valence-electron chi connectivity index (χ2n) is 5.26. The van der Waals surface area contributed by atoms with Crippen LogP contribution in [0, 0.1) is 19.7 Å². The van der Waals surface area contributed by atoms with Crippen molar-refractivity contribution in [1.29, 1.82) is 0 Å². The molecule has 3 rings (SSSR count). The fraction of sp³-hybridized carbons (Fsp3) is 0.111. The molecule has 1 heterocycles. The van der Waals surface area contributed by atoms with E-state index in [2.05, 4.69) is 47.6 Å². The molecule has 2 aromatic carbocycles. The van der Waals surface area contributed by atoms with Gasteiger partial charge in [-0.3, -0.25) is 5.43 Å². The third kappa shape index (κ3) is 3.81. The van der Waals surface area contributed by atoms with Crippen molar-refractivity contribution in [1.82, 2.24) is 4.98 Å². The van der Waals surface area contributed by atoms with E-state index < -0.39 is 0 Å². The summed E-state index contributed by atoms with van der Waals surface area (Å²) in [5.41, 5.74) is 8.10. The van der Waals surface area contributed by atoms with Gasteiger partial charge in [0.1, 0.15) is 5.82 Å². The number of hydrogen-bond acceptors (Lipinski definition) is 4. The van der Waals surface area contributed by atoms with Crippen molar-refractivity contribution in [2.45, 2.75) is 13.8 Å². The van der Waals surface area contributed by atoms with Crippen molar-refractivity contribution in [3.05, 3.63) is 70.4 Å². The molecule has 1 aromatic heterocycles. The zero-order chi connectivity index (χ0) is 16.2. The first-order valence-corrected chi connectivity index (χ1v) is 8.07. The lowest BCUT2D eigenvalue weighted by Gasteiger charge is -2.02. The van der Waals surface area contributed by atoms with E-state index in [4.69, 9.17) is 0 Å². The van der Waals surface area contributed by atoms with Crippen molar-refractivity contribution in [3.8, 4) is 11.3 Å². The van der Waals surface area contributed by atoms with E-state index in [-0.39, 0.29) is 5.82 Å². The van der Waals surface area contributed by atoms with Crippen molar-refractivity contribution in [2.75, 3.05) is 5.43 Å². The summed E-state index contributed by atoms with van der Waals surface area (Å²) < 4.78 is 13.1. The van der Waals surface area contributed by atoms with Crippen LogP contribution in [0.3, 0.4) is 0 Å². The van der Waals surface area contributed by atoms with E-state index in [1.165, 1.54) is 34.6 Å². The highest BCUT2D eigenvalue weighted by Crippen LogP contribution is 2.26. The minimum atomic E-state index is -0.278. The number of halogens is 1. The van der Waals surface area contributed by atoms with E-state index in [0.717, 1.165) is 11.3 Å². The molecule has 116 valence electrons. The molecule has 0 saturated heterocycles. The van der Waals surface area contributed by atoms with E-state index in [9.17, 15) is 4.39 Å². The van der Waals surface area contributed by atoms with Crippen molar-refractivity contribution in [3.63, 3.8) is 0 Å². The molecular weight excluding hydrogens is 309 g/mol. The monoisotopic (exact) mass is 325 g/mol. The Morgan fingerprint density at radius 1 is 1.13 bits per heavy atom. The van der Waals surface area contributed by atoms with Gasteiger partial charge in [-0.25, -0.2) is 9.37 Å². The first kappa shape index (κ1) is 15.4. The van der Waals surface area contributed by atoms with Gasteiger partial charge in [0.15, 0.2) is 0 Å². The number of anilines is 1. The normalized spacial score (nSPS) is 11.1. The summed E-state index contributed by atoms with van der Waals surface area (Å²) in [4.78, 5) is 4.52. The fourth-order valence-corrected chi connectivity index (χ4v) is 2.78. The molecule has 0 unspecified atom stereocenters. The van der Waals surface area contributed by atoms with Crippen LogP contribution < -0.4 is 5.43 Å². The lowest BCUT2D eigenvalue weighted by molar-refractivity contribution is 0.627. The molecule has 1 N–H and O–H groups in total. The third-order valence-electron chi connectivity index (χ3n) is 3.53. The Morgan fingerprint density at radius 2 is 2.00 bits per heavy atom. The molecule has 0 amide bonds. The predicted octanol–water partition coefficient (Wildman–Crippen LogP) is 5.01. The molecule has 0 atom stereocenters. The van der Waals surface area contributed by atoms with Crippen LogP contribution in [0.5, 0.6) is 0 Å². The minimum Gasteiger partial charge on any atom is -0.253 e. The molecule has 3 nitrogen and oxygen atoms in total. The summed E-state index contributed by atoms with van der Waals surface area (Å²) in [5.74, 6) is -0.278. The van der Waals surface area contributed by atoms with Gasteiger partial charge in [-0.1, -0.05) is 24.3 Å². The van der Waals surface area contributed by atoms with Crippen molar-refractivity contribution >= 4 is 22.7 Å². The molecule has 0 fully saturated rings. The lowest BCUT2D eigenvalue weighted by atomic mass is 10.1. The average Bonchev–Trinajstić information content (AvgIpc) is 2.99. The number of thiazole rings is 1. The molecule has 5 heteroatoms. The molecule has 3 aromatic rings. The van der Waals surface area contributed by atoms with E-state index >= 15 is 0 Å². The highest BCUT2D eigenvalue weighted by atomic mass is 32.1. The second-order valence-corrected chi connectivity index (χ2v) is 6.12. The largest absolute Gasteiger partial charge is 0.253 e. The number of nitrogens with one attached hydrogen (secondary N) is 1. The number of hydrogen-bond donors (Lipinski definition) is 1. The van der Waals surface area contributed by atoms with Gasteiger partial charge >= 0.3 is 0 Å². The topological polar surface area (TPSA) is 37.3 Å². The quantitative estimate of drug-likeness (QED) is 0.540. The molecule has 0 aliphatic heterocycles. The van der Waals surface area contributed by atoms with Crippen LogP contribution in [-0.4, -0.2) is 11.2 Å². The van der Waals surface area contributed by atoms with Crippen LogP contribution in [0.1, 0.15) is 16.7 Å². The number of aromatic nitrogens is 1. The average molecular weight is 325 g/mol. The maximum Gasteiger partial charge on any atom is 0.203 e. The van der Waals surface area contributed by atoms with Gasteiger partial charge in [0.05, 0.1) is 11.9 Å². The van der Waals surface area contributed by atoms with Crippen LogP contribution in [0.4, 0.5) is 9.52 Å². The lowest BCUT2D eigenvalue weighted by Crippen LogP contribution is -1.91. The summed E-state index contributed by atoms with van der Waals surface area (Å²) in [6.07, 6.45) is 1.57. The van der Waals surface area contributed by atoms with E-state index in [1.54, 1.807) is 18.3 Å². The number of nitrogens with zero attached hydrogens (tertiary/aromatic N) is 2. The molecule has 0 spiro atoms. The standard InChI is InChI=1S/C18H16FN3S/c1-12-6-7-15(8-13(12)2)17-11-23-18(21-17)22-20-10-14-4-3-5-16(19)9-14/h3-11H,1-2H3,(H,21,22)/b20-10-.